The summed E-state index contributed by atoms with van der Waals surface area (Å²) < 4.78 is 5.37. The summed E-state index contributed by atoms with van der Waals surface area (Å²) in [5.41, 5.74) is 3.10. The van der Waals surface area contributed by atoms with Crippen molar-refractivity contribution in [1.29, 1.82) is 0 Å². The Morgan fingerprint density at radius 2 is 2.15 bits per heavy atom. The topological polar surface area (TPSA) is 58.6 Å². The van der Waals surface area contributed by atoms with Gasteiger partial charge in [0, 0.05) is 49.3 Å². The first-order valence-electron chi connectivity index (χ1n) is 9.57. The zero-order valence-corrected chi connectivity index (χ0v) is 16.0. The van der Waals surface area contributed by atoms with Crippen molar-refractivity contribution in [2.24, 2.45) is 0 Å². The van der Waals surface area contributed by atoms with Crippen LogP contribution in [0.4, 0.5) is 0 Å². The molecule has 1 fully saturated rings. The van der Waals surface area contributed by atoms with Crippen LogP contribution in [0.15, 0.2) is 30.5 Å². The minimum absolute atomic E-state index is 0.117. The number of amides is 1. The van der Waals surface area contributed by atoms with E-state index in [9.17, 15) is 4.79 Å². The molecule has 0 bridgehead atoms. The molecule has 1 atom stereocenters. The molecule has 2 aliphatic rings. The van der Waals surface area contributed by atoms with Crippen molar-refractivity contribution in [2.45, 2.75) is 31.7 Å². The molecule has 1 saturated heterocycles. The zero-order valence-electron chi connectivity index (χ0n) is 16.0. The third-order valence-electron chi connectivity index (χ3n) is 5.60. The fourth-order valence-electron chi connectivity index (χ4n) is 4.01. The Morgan fingerprint density at radius 3 is 2.93 bits per heavy atom. The number of hydrogen-bond donors (Lipinski definition) is 0. The number of carbonyl (C=O) groups excluding carboxylic acids is 1. The maximum Gasteiger partial charge on any atom is 0.227 e. The smallest absolute Gasteiger partial charge is 0.227 e. The molecule has 3 heterocycles. The third-order valence-corrected chi connectivity index (χ3v) is 5.60. The van der Waals surface area contributed by atoms with Gasteiger partial charge in [0.1, 0.15) is 11.6 Å². The Bertz CT molecular complexity index is 839. The number of aromatic nitrogens is 2. The molecule has 4 rings (SSSR count). The Hall–Kier alpha value is -2.47. The quantitative estimate of drug-likeness (QED) is 0.829. The van der Waals surface area contributed by atoms with E-state index in [2.05, 4.69) is 16.9 Å². The van der Waals surface area contributed by atoms with Gasteiger partial charge in [0.25, 0.3) is 0 Å². The lowest BCUT2D eigenvalue weighted by atomic mass is 10.0. The summed E-state index contributed by atoms with van der Waals surface area (Å²) in [6, 6.07) is 7.69. The molecule has 0 N–H and O–H groups in total. The number of likely N-dealkylation sites (N-methyl/N-ethyl adjacent to an activating group) is 1. The molecular formula is C21H26N4O2. The molecule has 6 heteroatoms. The number of rotatable bonds is 4. The molecule has 27 heavy (non-hydrogen) atoms. The summed E-state index contributed by atoms with van der Waals surface area (Å²) >= 11 is 0. The van der Waals surface area contributed by atoms with Crippen LogP contribution in [0.25, 0.3) is 0 Å². The molecule has 0 saturated carbocycles. The Balaban J connectivity index is 1.44. The molecular weight excluding hydrogens is 340 g/mol. The van der Waals surface area contributed by atoms with E-state index in [4.69, 9.17) is 9.72 Å². The van der Waals surface area contributed by atoms with Crippen molar-refractivity contribution >= 4 is 5.91 Å². The summed E-state index contributed by atoms with van der Waals surface area (Å²) in [7, 11) is 3.78. The number of fused-ring (bicyclic) bond motifs is 1. The molecule has 1 amide bonds. The van der Waals surface area contributed by atoms with Gasteiger partial charge in [-0.05, 0) is 26.1 Å². The molecule has 0 aliphatic carbocycles. The van der Waals surface area contributed by atoms with Crippen molar-refractivity contribution in [2.75, 3.05) is 33.8 Å². The van der Waals surface area contributed by atoms with E-state index >= 15 is 0 Å². The number of carbonyl (C=O) groups is 1. The highest BCUT2D eigenvalue weighted by Gasteiger charge is 2.27. The fraction of sp³-hybridized carbons (Fsp3) is 0.476. The summed E-state index contributed by atoms with van der Waals surface area (Å²) in [4.78, 5) is 26.5. The van der Waals surface area contributed by atoms with Crippen LogP contribution in [-0.2, 0) is 24.2 Å². The summed E-state index contributed by atoms with van der Waals surface area (Å²) in [5.74, 6) is 2.28. The van der Waals surface area contributed by atoms with Gasteiger partial charge in [-0.3, -0.25) is 4.79 Å². The maximum atomic E-state index is 12.8. The van der Waals surface area contributed by atoms with Gasteiger partial charge in [-0.1, -0.05) is 18.2 Å². The second-order valence-corrected chi connectivity index (χ2v) is 7.50. The third kappa shape index (κ3) is 3.81. The van der Waals surface area contributed by atoms with Gasteiger partial charge in [-0.25, -0.2) is 9.97 Å². The lowest BCUT2D eigenvalue weighted by Crippen LogP contribution is -2.37. The van der Waals surface area contributed by atoms with Crippen LogP contribution >= 0.6 is 0 Å². The Morgan fingerprint density at radius 1 is 1.30 bits per heavy atom. The van der Waals surface area contributed by atoms with Crippen LogP contribution < -0.4 is 4.74 Å². The molecule has 6 nitrogen and oxygen atoms in total. The Kier molecular flexibility index (Phi) is 5.07. The first-order valence-corrected chi connectivity index (χ1v) is 9.57. The molecule has 1 aromatic heterocycles. The normalized spacial score (nSPS) is 19.8. The highest BCUT2D eigenvalue weighted by molar-refractivity contribution is 5.79. The van der Waals surface area contributed by atoms with E-state index in [1.165, 1.54) is 0 Å². The maximum absolute atomic E-state index is 12.8. The van der Waals surface area contributed by atoms with Crippen molar-refractivity contribution in [1.82, 2.24) is 19.8 Å². The van der Waals surface area contributed by atoms with Crippen molar-refractivity contribution in [3.8, 4) is 5.75 Å². The van der Waals surface area contributed by atoms with Crippen molar-refractivity contribution in [3.05, 3.63) is 53.1 Å². The average molecular weight is 366 g/mol. The van der Waals surface area contributed by atoms with Gasteiger partial charge >= 0.3 is 0 Å². The minimum atomic E-state index is 0.117. The summed E-state index contributed by atoms with van der Waals surface area (Å²) in [6.45, 7) is 3.44. The van der Waals surface area contributed by atoms with Gasteiger partial charge < -0.3 is 14.5 Å². The molecule has 2 aliphatic heterocycles. The van der Waals surface area contributed by atoms with Crippen LogP contribution in [-0.4, -0.2) is 59.5 Å². The van der Waals surface area contributed by atoms with Crippen molar-refractivity contribution < 1.29 is 9.53 Å². The van der Waals surface area contributed by atoms with E-state index in [-0.39, 0.29) is 5.91 Å². The van der Waals surface area contributed by atoms with E-state index < -0.39 is 0 Å². The van der Waals surface area contributed by atoms with Gasteiger partial charge in [0.05, 0.1) is 19.2 Å². The summed E-state index contributed by atoms with van der Waals surface area (Å²) in [5, 5.41) is 0. The molecule has 1 aromatic carbocycles. The lowest BCUT2D eigenvalue weighted by molar-refractivity contribution is -0.131. The van der Waals surface area contributed by atoms with Gasteiger partial charge in [-0.15, -0.1) is 0 Å². The molecule has 142 valence electrons. The standard InChI is InChI=1S/C21H26N4O2/c1-24-9-7-16(13-24)21-22-12-17-14-25(10-8-18(17)23-21)20(26)11-15-5-3-4-6-19(15)27-2/h3-6,12,16H,7-11,13-14H2,1-2H3/t16-/m1/s1. The monoisotopic (exact) mass is 366 g/mol. The molecule has 0 unspecified atom stereocenters. The highest BCUT2D eigenvalue weighted by Crippen LogP contribution is 2.26. The first-order chi connectivity index (χ1) is 13.1. The van der Waals surface area contributed by atoms with E-state index in [1.54, 1.807) is 7.11 Å². The number of nitrogens with zero attached hydrogens (tertiary/aromatic N) is 4. The van der Waals surface area contributed by atoms with Crippen LogP contribution in [0.2, 0.25) is 0 Å². The number of ether oxygens (including phenoxy) is 1. The number of likely N-dealkylation sites (tertiary alicyclic amines) is 1. The minimum Gasteiger partial charge on any atom is -0.496 e. The number of para-hydroxylation sites is 1. The lowest BCUT2D eigenvalue weighted by Gasteiger charge is -2.28. The van der Waals surface area contributed by atoms with Gasteiger partial charge in [0.2, 0.25) is 5.91 Å². The largest absolute Gasteiger partial charge is 0.496 e. The van der Waals surface area contributed by atoms with E-state index in [0.717, 1.165) is 54.3 Å². The summed E-state index contributed by atoms with van der Waals surface area (Å²) in [6.07, 6.45) is 4.20. The van der Waals surface area contributed by atoms with Crippen LogP contribution in [0.1, 0.15) is 35.0 Å². The molecule has 0 spiro atoms. The average Bonchev–Trinajstić information content (AvgIpc) is 3.14. The molecule has 0 radical (unpaired) electrons. The SMILES string of the molecule is COc1ccccc1CC(=O)N1CCc2nc([C@@H]3CCN(C)C3)ncc2C1. The van der Waals surface area contributed by atoms with Gasteiger partial charge in [0.15, 0.2) is 0 Å². The van der Waals surface area contributed by atoms with E-state index in [1.807, 2.05) is 35.4 Å². The predicted molar refractivity (Wildman–Crippen MR) is 103 cm³/mol. The number of hydrogen-bond acceptors (Lipinski definition) is 5. The number of methoxy groups -OCH3 is 1. The van der Waals surface area contributed by atoms with Crippen molar-refractivity contribution in [3.63, 3.8) is 0 Å². The fourth-order valence-corrected chi connectivity index (χ4v) is 4.01. The Labute approximate surface area is 160 Å². The zero-order chi connectivity index (χ0) is 18.8. The number of benzene rings is 1. The second kappa shape index (κ2) is 7.64. The molecule has 2 aromatic rings. The van der Waals surface area contributed by atoms with Crippen LogP contribution in [0, 0.1) is 0 Å². The first kappa shape index (κ1) is 17.9. The van der Waals surface area contributed by atoms with Crippen LogP contribution in [0.3, 0.4) is 0 Å². The van der Waals surface area contributed by atoms with Gasteiger partial charge in [-0.2, -0.15) is 0 Å². The van der Waals surface area contributed by atoms with E-state index in [0.29, 0.717) is 25.4 Å². The second-order valence-electron chi connectivity index (χ2n) is 7.50. The highest BCUT2D eigenvalue weighted by atomic mass is 16.5. The van der Waals surface area contributed by atoms with Crippen LogP contribution in [0.5, 0.6) is 5.75 Å². The predicted octanol–water partition coefficient (Wildman–Crippen LogP) is 2.03.